The molecule has 0 aromatic rings. The Hall–Kier alpha value is -0.0400. The second kappa shape index (κ2) is 4.86. The molecule has 12 heavy (non-hydrogen) atoms. The molecule has 0 saturated heterocycles. The predicted molar refractivity (Wildman–Crippen MR) is 54.3 cm³/mol. The van der Waals surface area contributed by atoms with Crippen molar-refractivity contribution in [1.29, 1.82) is 0 Å². The van der Waals surface area contributed by atoms with Crippen LogP contribution >= 0.6 is 0 Å². The van der Waals surface area contributed by atoms with Gasteiger partial charge in [-0.3, -0.25) is 0 Å². The Balaban J connectivity index is 2.29. The Labute approximate surface area is 76.9 Å². The van der Waals surface area contributed by atoms with Crippen LogP contribution in [0.25, 0.3) is 0 Å². The van der Waals surface area contributed by atoms with E-state index in [0.717, 1.165) is 17.9 Å². The van der Waals surface area contributed by atoms with Crippen molar-refractivity contribution in [3.8, 4) is 0 Å². The molecule has 1 N–H and O–H groups in total. The van der Waals surface area contributed by atoms with E-state index in [-0.39, 0.29) is 0 Å². The number of hydrogen-bond donors (Lipinski definition) is 1. The van der Waals surface area contributed by atoms with Crippen LogP contribution in [0.5, 0.6) is 0 Å². The average Bonchev–Trinajstić information content (AvgIpc) is 2.88. The highest BCUT2D eigenvalue weighted by Crippen LogP contribution is 2.35. The molecule has 1 atom stereocenters. The standard InChI is InChI=1S/C11H23N/c1-4-10(5-2)11(12-3)8-9-6-7-9/h9-12H,4-8H2,1-3H3. The van der Waals surface area contributed by atoms with Crippen molar-refractivity contribution in [3.05, 3.63) is 0 Å². The fraction of sp³-hybridized carbons (Fsp3) is 1.00. The van der Waals surface area contributed by atoms with Crippen molar-refractivity contribution >= 4 is 0 Å². The molecule has 1 fully saturated rings. The van der Waals surface area contributed by atoms with Gasteiger partial charge in [0.15, 0.2) is 0 Å². The first-order chi connectivity index (χ1) is 5.81. The summed E-state index contributed by atoms with van der Waals surface area (Å²) < 4.78 is 0. The van der Waals surface area contributed by atoms with Crippen LogP contribution in [0.15, 0.2) is 0 Å². The topological polar surface area (TPSA) is 12.0 Å². The summed E-state index contributed by atoms with van der Waals surface area (Å²) in [7, 11) is 2.12. The summed E-state index contributed by atoms with van der Waals surface area (Å²) in [6, 6.07) is 0.785. The fourth-order valence-corrected chi connectivity index (χ4v) is 2.12. The van der Waals surface area contributed by atoms with Crippen LogP contribution in [0.2, 0.25) is 0 Å². The molecule has 0 radical (unpaired) electrons. The first-order valence-corrected chi connectivity index (χ1v) is 5.49. The predicted octanol–water partition coefficient (Wildman–Crippen LogP) is 2.81. The molecule has 0 aliphatic heterocycles. The molecule has 0 heterocycles. The Morgan fingerprint density at radius 2 is 1.83 bits per heavy atom. The quantitative estimate of drug-likeness (QED) is 0.644. The Morgan fingerprint density at radius 3 is 2.17 bits per heavy atom. The summed E-state index contributed by atoms with van der Waals surface area (Å²) in [4.78, 5) is 0. The van der Waals surface area contributed by atoms with E-state index in [4.69, 9.17) is 0 Å². The highest BCUT2D eigenvalue weighted by molar-refractivity contribution is 4.82. The minimum Gasteiger partial charge on any atom is -0.317 e. The highest BCUT2D eigenvalue weighted by atomic mass is 14.9. The van der Waals surface area contributed by atoms with Crippen LogP contribution in [-0.2, 0) is 0 Å². The molecule has 0 aromatic heterocycles. The van der Waals surface area contributed by atoms with E-state index in [1.54, 1.807) is 0 Å². The zero-order chi connectivity index (χ0) is 8.97. The molecule has 1 saturated carbocycles. The first kappa shape index (κ1) is 10.0. The van der Waals surface area contributed by atoms with Gasteiger partial charge in [0.05, 0.1) is 0 Å². The Kier molecular flexibility index (Phi) is 4.07. The van der Waals surface area contributed by atoms with Gasteiger partial charge in [-0.2, -0.15) is 0 Å². The lowest BCUT2D eigenvalue weighted by Gasteiger charge is -2.24. The second-order valence-corrected chi connectivity index (χ2v) is 4.15. The van der Waals surface area contributed by atoms with Gasteiger partial charge in [-0.15, -0.1) is 0 Å². The molecule has 1 nitrogen and oxygen atoms in total. The van der Waals surface area contributed by atoms with Crippen molar-refractivity contribution in [2.75, 3.05) is 7.05 Å². The van der Waals surface area contributed by atoms with Gasteiger partial charge in [0.25, 0.3) is 0 Å². The van der Waals surface area contributed by atoms with Gasteiger partial charge >= 0.3 is 0 Å². The molecule has 0 amide bonds. The van der Waals surface area contributed by atoms with E-state index in [1.807, 2.05) is 0 Å². The van der Waals surface area contributed by atoms with Crippen molar-refractivity contribution in [2.24, 2.45) is 11.8 Å². The zero-order valence-corrected chi connectivity index (χ0v) is 8.77. The lowest BCUT2D eigenvalue weighted by Crippen LogP contribution is -2.33. The van der Waals surface area contributed by atoms with Gasteiger partial charge in [0.2, 0.25) is 0 Å². The molecule has 72 valence electrons. The average molecular weight is 169 g/mol. The maximum absolute atomic E-state index is 3.48. The van der Waals surface area contributed by atoms with Gasteiger partial charge in [-0.1, -0.05) is 39.5 Å². The third-order valence-electron chi connectivity index (χ3n) is 3.27. The lowest BCUT2D eigenvalue weighted by molar-refractivity contribution is 0.323. The maximum atomic E-state index is 3.48. The van der Waals surface area contributed by atoms with E-state index in [2.05, 4.69) is 26.2 Å². The SMILES string of the molecule is CCC(CC)C(CC1CC1)NC. The molecule has 0 bridgehead atoms. The smallest absolute Gasteiger partial charge is 0.00947 e. The molecular formula is C11H23N. The van der Waals surface area contributed by atoms with Crippen LogP contribution < -0.4 is 5.32 Å². The van der Waals surface area contributed by atoms with Crippen LogP contribution in [0.3, 0.4) is 0 Å². The monoisotopic (exact) mass is 169 g/mol. The zero-order valence-electron chi connectivity index (χ0n) is 8.77. The van der Waals surface area contributed by atoms with Crippen molar-refractivity contribution in [3.63, 3.8) is 0 Å². The highest BCUT2D eigenvalue weighted by Gasteiger charge is 2.27. The van der Waals surface area contributed by atoms with E-state index in [0.29, 0.717) is 0 Å². The van der Waals surface area contributed by atoms with Crippen LogP contribution in [0.1, 0.15) is 46.0 Å². The van der Waals surface area contributed by atoms with E-state index >= 15 is 0 Å². The summed E-state index contributed by atoms with van der Waals surface area (Å²) in [5.41, 5.74) is 0. The maximum Gasteiger partial charge on any atom is 0.00947 e. The molecule has 1 heteroatoms. The van der Waals surface area contributed by atoms with Gasteiger partial charge < -0.3 is 5.32 Å². The lowest BCUT2D eigenvalue weighted by atomic mass is 9.90. The van der Waals surface area contributed by atoms with Gasteiger partial charge in [-0.05, 0) is 25.3 Å². The Morgan fingerprint density at radius 1 is 1.25 bits per heavy atom. The summed E-state index contributed by atoms with van der Waals surface area (Å²) in [5, 5.41) is 3.48. The normalized spacial score (nSPS) is 20.0. The van der Waals surface area contributed by atoms with Gasteiger partial charge in [0.1, 0.15) is 0 Å². The Bertz CT molecular complexity index is 114. The summed E-state index contributed by atoms with van der Waals surface area (Å²) in [6.45, 7) is 4.62. The molecule has 1 rings (SSSR count). The molecule has 0 aromatic carbocycles. The van der Waals surface area contributed by atoms with Crippen LogP contribution in [0, 0.1) is 11.8 Å². The number of rotatable bonds is 6. The first-order valence-electron chi connectivity index (χ1n) is 5.49. The van der Waals surface area contributed by atoms with Crippen molar-refractivity contribution in [2.45, 2.75) is 52.0 Å². The summed E-state index contributed by atoms with van der Waals surface area (Å²) in [6.07, 6.45) is 7.04. The molecular weight excluding hydrogens is 146 g/mol. The second-order valence-electron chi connectivity index (χ2n) is 4.15. The van der Waals surface area contributed by atoms with Gasteiger partial charge in [0, 0.05) is 6.04 Å². The largest absolute Gasteiger partial charge is 0.317 e. The van der Waals surface area contributed by atoms with Gasteiger partial charge in [-0.25, -0.2) is 0 Å². The molecule has 1 unspecified atom stereocenters. The van der Waals surface area contributed by atoms with Crippen LogP contribution in [0.4, 0.5) is 0 Å². The van der Waals surface area contributed by atoms with E-state index < -0.39 is 0 Å². The minimum absolute atomic E-state index is 0.785. The third-order valence-corrected chi connectivity index (χ3v) is 3.27. The molecule has 1 aliphatic rings. The van der Waals surface area contributed by atoms with E-state index in [1.165, 1.54) is 32.1 Å². The number of nitrogens with one attached hydrogen (secondary N) is 1. The summed E-state index contributed by atoms with van der Waals surface area (Å²) >= 11 is 0. The molecule has 1 aliphatic carbocycles. The van der Waals surface area contributed by atoms with Crippen molar-refractivity contribution < 1.29 is 0 Å². The third kappa shape index (κ3) is 2.78. The minimum atomic E-state index is 0.785. The molecule has 0 spiro atoms. The van der Waals surface area contributed by atoms with E-state index in [9.17, 15) is 0 Å². The van der Waals surface area contributed by atoms with Crippen molar-refractivity contribution in [1.82, 2.24) is 5.32 Å². The number of hydrogen-bond acceptors (Lipinski definition) is 1. The van der Waals surface area contributed by atoms with Crippen LogP contribution in [-0.4, -0.2) is 13.1 Å². The fourth-order valence-electron chi connectivity index (χ4n) is 2.12. The summed E-state index contributed by atoms with van der Waals surface area (Å²) in [5.74, 6) is 1.96.